The van der Waals surface area contributed by atoms with E-state index in [1.165, 1.54) is 12.1 Å². The number of hydrogen-bond acceptors (Lipinski definition) is 2. The molecule has 1 atom stereocenters. The average Bonchev–Trinajstić information content (AvgIpc) is 2.42. The van der Waals surface area contributed by atoms with Gasteiger partial charge >= 0.3 is 0 Å². The van der Waals surface area contributed by atoms with Crippen molar-refractivity contribution in [3.05, 3.63) is 63.9 Å². The van der Waals surface area contributed by atoms with Gasteiger partial charge in [-0.3, -0.25) is 4.79 Å². The standard InChI is InChI=1S/C15H13BrFNO2/c1-9(19)11-4-2-3-5-14(11)18-15(20)10-6-7-12(16)13(17)8-10/h2-9,19H,1H3,(H,18,20). The Hall–Kier alpha value is -1.72. The minimum atomic E-state index is -0.701. The Labute approximate surface area is 124 Å². The normalized spacial score (nSPS) is 12.0. The van der Waals surface area contributed by atoms with Crippen molar-refractivity contribution >= 4 is 27.5 Å². The maximum atomic E-state index is 13.4. The number of aliphatic hydroxyl groups is 1. The first-order valence-corrected chi connectivity index (χ1v) is 6.81. The number of halogens is 2. The minimum Gasteiger partial charge on any atom is -0.389 e. The predicted molar refractivity (Wildman–Crippen MR) is 79.1 cm³/mol. The van der Waals surface area contributed by atoms with Crippen molar-refractivity contribution in [2.24, 2.45) is 0 Å². The van der Waals surface area contributed by atoms with E-state index < -0.39 is 17.8 Å². The molecule has 0 fully saturated rings. The zero-order chi connectivity index (χ0) is 14.7. The van der Waals surface area contributed by atoms with E-state index in [-0.39, 0.29) is 5.56 Å². The summed E-state index contributed by atoms with van der Waals surface area (Å²) in [6.45, 7) is 1.62. The van der Waals surface area contributed by atoms with E-state index in [9.17, 15) is 14.3 Å². The van der Waals surface area contributed by atoms with Crippen LogP contribution >= 0.6 is 15.9 Å². The van der Waals surface area contributed by atoms with Crippen LogP contribution < -0.4 is 5.32 Å². The molecule has 2 N–H and O–H groups in total. The van der Waals surface area contributed by atoms with Crippen molar-refractivity contribution in [1.82, 2.24) is 0 Å². The van der Waals surface area contributed by atoms with Crippen molar-refractivity contribution in [2.75, 3.05) is 5.32 Å². The second kappa shape index (κ2) is 6.15. The zero-order valence-electron chi connectivity index (χ0n) is 10.7. The number of aliphatic hydroxyl groups excluding tert-OH is 1. The first kappa shape index (κ1) is 14.7. The van der Waals surface area contributed by atoms with Crippen LogP contribution in [0.1, 0.15) is 28.9 Å². The number of anilines is 1. The second-order valence-corrected chi connectivity index (χ2v) is 5.20. The minimum absolute atomic E-state index is 0.214. The van der Waals surface area contributed by atoms with E-state index in [2.05, 4.69) is 21.2 Å². The van der Waals surface area contributed by atoms with Gasteiger partial charge in [0.15, 0.2) is 0 Å². The molecule has 5 heteroatoms. The van der Waals surface area contributed by atoms with Crippen LogP contribution in [0.2, 0.25) is 0 Å². The third kappa shape index (κ3) is 3.23. The molecular formula is C15H13BrFNO2. The molecule has 3 nitrogen and oxygen atoms in total. The molecule has 0 spiro atoms. The van der Waals surface area contributed by atoms with Gasteiger partial charge in [-0.1, -0.05) is 18.2 Å². The Morgan fingerprint density at radius 2 is 2.00 bits per heavy atom. The molecule has 2 aromatic rings. The fourth-order valence-corrected chi connectivity index (χ4v) is 2.05. The van der Waals surface area contributed by atoms with Crippen molar-refractivity contribution in [3.63, 3.8) is 0 Å². The molecule has 104 valence electrons. The molecule has 2 rings (SSSR count). The Bertz CT molecular complexity index is 644. The molecule has 0 aromatic heterocycles. The van der Waals surface area contributed by atoms with Gasteiger partial charge in [-0.2, -0.15) is 0 Å². The lowest BCUT2D eigenvalue weighted by atomic mass is 10.1. The van der Waals surface area contributed by atoms with Crippen LogP contribution in [0.25, 0.3) is 0 Å². The second-order valence-electron chi connectivity index (χ2n) is 4.35. The van der Waals surface area contributed by atoms with Gasteiger partial charge in [0.1, 0.15) is 5.82 Å². The third-order valence-corrected chi connectivity index (χ3v) is 3.48. The van der Waals surface area contributed by atoms with Crippen LogP contribution in [-0.2, 0) is 0 Å². The quantitative estimate of drug-likeness (QED) is 0.892. The summed E-state index contributed by atoms with van der Waals surface area (Å²) in [6, 6.07) is 11.1. The number of nitrogens with one attached hydrogen (secondary N) is 1. The van der Waals surface area contributed by atoms with Crippen LogP contribution in [0.5, 0.6) is 0 Å². The van der Waals surface area contributed by atoms with Crippen molar-refractivity contribution in [3.8, 4) is 0 Å². The van der Waals surface area contributed by atoms with Crippen LogP contribution in [0.3, 0.4) is 0 Å². The maximum Gasteiger partial charge on any atom is 0.255 e. The van der Waals surface area contributed by atoms with E-state index in [0.717, 1.165) is 6.07 Å². The Balaban J connectivity index is 2.26. The van der Waals surface area contributed by atoms with Gasteiger partial charge in [0.05, 0.1) is 10.6 Å². The smallest absolute Gasteiger partial charge is 0.255 e. The summed E-state index contributed by atoms with van der Waals surface area (Å²) >= 11 is 3.04. The molecule has 0 aliphatic heterocycles. The van der Waals surface area contributed by atoms with Gasteiger partial charge in [0.2, 0.25) is 0 Å². The lowest BCUT2D eigenvalue weighted by Crippen LogP contribution is -2.14. The van der Waals surface area contributed by atoms with Gasteiger partial charge < -0.3 is 10.4 Å². The molecule has 0 aliphatic rings. The molecule has 0 aliphatic carbocycles. The number of amides is 1. The number of para-hydroxylation sites is 1. The summed E-state index contributed by atoms with van der Waals surface area (Å²) in [4.78, 5) is 12.1. The van der Waals surface area contributed by atoms with Crippen LogP contribution in [0.4, 0.5) is 10.1 Å². The summed E-state index contributed by atoms with van der Waals surface area (Å²) in [6.07, 6.45) is -0.701. The molecule has 0 bridgehead atoms. The van der Waals surface area contributed by atoms with Crippen molar-refractivity contribution < 1.29 is 14.3 Å². The third-order valence-electron chi connectivity index (χ3n) is 2.84. The van der Waals surface area contributed by atoms with Crippen LogP contribution in [-0.4, -0.2) is 11.0 Å². The SMILES string of the molecule is CC(O)c1ccccc1NC(=O)c1ccc(Br)c(F)c1. The summed E-state index contributed by atoms with van der Waals surface area (Å²) in [5.41, 5.74) is 1.33. The largest absolute Gasteiger partial charge is 0.389 e. The Morgan fingerprint density at radius 3 is 2.65 bits per heavy atom. The highest BCUT2D eigenvalue weighted by Crippen LogP contribution is 2.23. The fraction of sp³-hybridized carbons (Fsp3) is 0.133. The van der Waals surface area contributed by atoms with Crippen molar-refractivity contribution in [1.29, 1.82) is 0 Å². The Morgan fingerprint density at radius 1 is 1.30 bits per heavy atom. The molecule has 1 unspecified atom stereocenters. The van der Waals surface area contributed by atoms with Gasteiger partial charge in [-0.15, -0.1) is 0 Å². The van der Waals surface area contributed by atoms with E-state index in [4.69, 9.17) is 0 Å². The molecule has 20 heavy (non-hydrogen) atoms. The lowest BCUT2D eigenvalue weighted by Gasteiger charge is -2.13. The molecule has 0 saturated carbocycles. The van der Waals surface area contributed by atoms with E-state index >= 15 is 0 Å². The number of benzene rings is 2. The van der Waals surface area contributed by atoms with Gasteiger partial charge in [-0.25, -0.2) is 4.39 Å². The summed E-state index contributed by atoms with van der Waals surface area (Å²) in [5.74, 6) is -0.925. The molecule has 0 saturated heterocycles. The van der Waals surface area contributed by atoms with Gasteiger partial charge in [-0.05, 0) is 47.1 Å². The lowest BCUT2D eigenvalue weighted by molar-refractivity contribution is 0.102. The first-order valence-electron chi connectivity index (χ1n) is 6.02. The topological polar surface area (TPSA) is 49.3 Å². The predicted octanol–water partition coefficient (Wildman–Crippen LogP) is 3.89. The number of carbonyl (C=O) groups is 1. The van der Waals surface area contributed by atoms with E-state index in [1.807, 2.05) is 0 Å². The molecular weight excluding hydrogens is 325 g/mol. The van der Waals surface area contributed by atoms with E-state index in [1.54, 1.807) is 31.2 Å². The maximum absolute atomic E-state index is 13.4. The molecule has 1 amide bonds. The van der Waals surface area contributed by atoms with Crippen LogP contribution in [0, 0.1) is 5.82 Å². The molecule has 2 aromatic carbocycles. The van der Waals surface area contributed by atoms with Crippen LogP contribution in [0.15, 0.2) is 46.9 Å². The summed E-state index contributed by atoms with van der Waals surface area (Å²) < 4.78 is 13.7. The van der Waals surface area contributed by atoms with Crippen molar-refractivity contribution in [2.45, 2.75) is 13.0 Å². The fourth-order valence-electron chi connectivity index (χ4n) is 1.81. The zero-order valence-corrected chi connectivity index (χ0v) is 12.3. The highest BCUT2D eigenvalue weighted by molar-refractivity contribution is 9.10. The van der Waals surface area contributed by atoms with Gasteiger partial charge in [0.25, 0.3) is 5.91 Å². The van der Waals surface area contributed by atoms with E-state index in [0.29, 0.717) is 15.7 Å². The number of carbonyl (C=O) groups excluding carboxylic acids is 1. The highest BCUT2D eigenvalue weighted by Gasteiger charge is 2.12. The number of hydrogen-bond donors (Lipinski definition) is 2. The number of rotatable bonds is 3. The molecule has 0 heterocycles. The summed E-state index contributed by atoms with van der Waals surface area (Å²) in [5, 5.41) is 12.3. The highest BCUT2D eigenvalue weighted by atomic mass is 79.9. The monoisotopic (exact) mass is 337 g/mol. The first-order chi connectivity index (χ1) is 9.49. The van der Waals surface area contributed by atoms with Gasteiger partial charge in [0, 0.05) is 16.8 Å². The average molecular weight is 338 g/mol. The summed E-state index contributed by atoms with van der Waals surface area (Å²) in [7, 11) is 0. The Kier molecular flexibility index (Phi) is 4.52. The molecule has 0 radical (unpaired) electrons.